The number of ether oxygens (including phenoxy) is 1. The van der Waals surface area contributed by atoms with E-state index >= 15 is 0 Å². The van der Waals surface area contributed by atoms with Crippen LogP contribution >= 0.6 is 23.2 Å². The molecule has 3 aromatic rings. The monoisotopic (exact) mass is 576 g/mol. The second kappa shape index (κ2) is 12.2. The number of esters is 1. The summed E-state index contributed by atoms with van der Waals surface area (Å²) >= 11 is 12.9. The molecule has 1 heterocycles. The molecule has 1 aliphatic carbocycles. The van der Waals surface area contributed by atoms with Crippen molar-refractivity contribution in [3.05, 3.63) is 93.5 Å². The van der Waals surface area contributed by atoms with E-state index in [1.807, 2.05) is 54.6 Å². The summed E-state index contributed by atoms with van der Waals surface area (Å²) in [4.78, 5) is 33.7. The Labute approximate surface area is 246 Å². The number of methoxy groups -OCH3 is 1. The Bertz CT molecular complexity index is 1390. The standard InChI is InChI=1S/C33H34Cl2N2O3/c1-3-4-11-28(22-12-18-25(19-13-22)32(39)40-2)37-31(38)30(36-33(37)20-6-5-7-21-33)24-16-14-23(15-17-24)29-26(34)9-8-10-27(29)35/h8-10,12-19,28H,3-7,11,20-21H2,1-2H3/t28-/m1/s1. The van der Waals surface area contributed by atoms with Gasteiger partial charge >= 0.3 is 5.97 Å². The number of hydrogen-bond donors (Lipinski definition) is 0. The molecule has 7 heteroatoms. The number of carbonyl (C=O) groups is 2. The van der Waals surface area contributed by atoms with Gasteiger partial charge in [-0.3, -0.25) is 9.79 Å². The van der Waals surface area contributed by atoms with Gasteiger partial charge in [0, 0.05) is 21.2 Å². The summed E-state index contributed by atoms with van der Waals surface area (Å²) in [5.41, 5.74) is 3.91. The van der Waals surface area contributed by atoms with Crippen LogP contribution in [0, 0.1) is 0 Å². The molecule has 1 amide bonds. The lowest BCUT2D eigenvalue weighted by molar-refractivity contribution is -0.132. The molecule has 5 nitrogen and oxygen atoms in total. The van der Waals surface area contributed by atoms with E-state index in [1.54, 1.807) is 12.1 Å². The first-order valence-electron chi connectivity index (χ1n) is 14.0. The first kappa shape index (κ1) is 28.4. The summed E-state index contributed by atoms with van der Waals surface area (Å²) in [5.74, 6) is -0.409. The molecule has 0 radical (unpaired) electrons. The SMILES string of the molecule is CCCC[C@H](c1ccc(C(=O)OC)cc1)N1C(=O)C(c2ccc(-c3c(Cl)cccc3Cl)cc2)=NC12CCCCC2. The van der Waals surface area contributed by atoms with Crippen molar-refractivity contribution in [3.63, 3.8) is 0 Å². The van der Waals surface area contributed by atoms with Gasteiger partial charge in [0.1, 0.15) is 11.4 Å². The molecule has 1 fully saturated rings. The van der Waals surface area contributed by atoms with Crippen molar-refractivity contribution in [2.75, 3.05) is 7.11 Å². The zero-order valence-electron chi connectivity index (χ0n) is 23.0. The Morgan fingerprint density at radius 1 is 0.950 bits per heavy atom. The van der Waals surface area contributed by atoms with Gasteiger partial charge in [-0.2, -0.15) is 0 Å². The van der Waals surface area contributed by atoms with Crippen LogP contribution in [-0.2, 0) is 9.53 Å². The van der Waals surface area contributed by atoms with Gasteiger partial charge in [-0.1, -0.05) is 91.9 Å². The van der Waals surface area contributed by atoms with Gasteiger partial charge in [0.05, 0.1) is 18.7 Å². The minimum atomic E-state index is -0.561. The van der Waals surface area contributed by atoms with Crippen molar-refractivity contribution in [3.8, 4) is 11.1 Å². The van der Waals surface area contributed by atoms with Gasteiger partial charge in [-0.15, -0.1) is 0 Å². The highest BCUT2D eigenvalue weighted by molar-refractivity contribution is 6.47. The van der Waals surface area contributed by atoms with Crippen LogP contribution in [0.2, 0.25) is 10.0 Å². The van der Waals surface area contributed by atoms with Gasteiger partial charge in [-0.05, 0) is 67.5 Å². The van der Waals surface area contributed by atoms with Gasteiger partial charge < -0.3 is 9.64 Å². The molecule has 1 spiro atoms. The number of halogens is 2. The summed E-state index contributed by atoms with van der Waals surface area (Å²) < 4.78 is 4.88. The number of aliphatic imine (C=N–C) groups is 1. The highest BCUT2D eigenvalue weighted by Crippen LogP contribution is 2.46. The topological polar surface area (TPSA) is 59.0 Å². The molecule has 2 aliphatic rings. The summed E-state index contributed by atoms with van der Waals surface area (Å²) in [6.07, 6.45) is 7.73. The maximum Gasteiger partial charge on any atom is 0.337 e. The zero-order valence-corrected chi connectivity index (χ0v) is 24.5. The number of carbonyl (C=O) groups excluding carboxylic acids is 2. The fourth-order valence-corrected chi connectivity index (χ4v) is 6.69. The third-order valence-electron chi connectivity index (χ3n) is 8.11. The second-order valence-electron chi connectivity index (χ2n) is 10.6. The first-order valence-corrected chi connectivity index (χ1v) is 14.8. The molecule has 1 saturated carbocycles. The van der Waals surface area contributed by atoms with E-state index in [-0.39, 0.29) is 17.9 Å². The van der Waals surface area contributed by atoms with Crippen LogP contribution in [-0.4, -0.2) is 35.3 Å². The highest BCUT2D eigenvalue weighted by atomic mass is 35.5. The molecule has 0 bridgehead atoms. The Balaban J connectivity index is 1.52. The molecule has 3 aromatic carbocycles. The van der Waals surface area contributed by atoms with Crippen molar-refractivity contribution in [2.45, 2.75) is 70.0 Å². The fraction of sp³-hybridized carbons (Fsp3) is 0.364. The Hall–Kier alpha value is -3.15. The molecule has 0 saturated heterocycles. The molecule has 5 rings (SSSR count). The molecular formula is C33H34Cl2N2O3. The van der Waals surface area contributed by atoms with E-state index in [0.29, 0.717) is 21.3 Å². The van der Waals surface area contributed by atoms with Crippen LogP contribution in [0.1, 0.15) is 85.8 Å². The van der Waals surface area contributed by atoms with E-state index in [1.165, 1.54) is 7.11 Å². The lowest BCUT2D eigenvalue weighted by Gasteiger charge is -2.44. The number of benzene rings is 3. The fourth-order valence-electron chi connectivity index (χ4n) is 6.07. The lowest BCUT2D eigenvalue weighted by Crippen LogP contribution is -2.50. The average molecular weight is 578 g/mol. The van der Waals surface area contributed by atoms with Gasteiger partial charge in [0.15, 0.2) is 0 Å². The average Bonchev–Trinajstić information content (AvgIpc) is 3.24. The molecule has 40 heavy (non-hydrogen) atoms. The summed E-state index contributed by atoms with van der Waals surface area (Å²) in [7, 11) is 1.38. The number of rotatable bonds is 8. The third kappa shape index (κ3) is 5.42. The van der Waals surface area contributed by atoms with Gasteiger partial charge in [-0.25, -0.2) is 4.79 Å². The van der Waals surface area contributed by atoms with E-state index in [2.05, 4.69) is 11.8 Å². The van der Waals surface area contributed by atoms with Crippen molar-refractivity contribution >= 4 is 40.8 Å². The van der Waals surface area contributed by atoms with Crippen LogP contribution in [0.25, 0.3) is 11.1 Å². The van der Waals surface area contributed by atoms with Crippen molar-refractivity contribution in [1.29, 1.82) is 0 Å². The van der Waals surface area contributed by atoms with E-state index < -0.39 is 5.66 Å². The molecule has 1 atom stereocenters. The molecular weight excluding hydrogens is 543 g/mol. The van der Waals surface area contributed by atoms with Crippen LogP contribution in [0.3, 0.4) is 0 Å². The smallest absolute Gasteiger partial charge is 0.337 e. The van der Waals surface area contributed by atoms with Gasteiger partial charge in [0.25, 0.3) is 5.91 Å². The molecule has 0 unspecified atom stereocenters. The molecule has 1 aliphatic heterocycles. The lowest BCUT2D eigenvalue weighted by atomic mass is 9.86. The predicted octanol–water partition coefficient (Wildman–Crippen LogP) is 8.67. The quantitative estimate of drug-likeness (QED) is 0.252. The number of nitrogens with zero attached hydrogens (tertiary/aromatic N) is 2. The van der Waals surface area contributed by atoms with Crippen molar-refractivity contribution in [2.24, 2.45) is 4.99 Å². The number of unbranched alkanes of at least 4 members (excludes halogenated alkanes) is 1. The summed E-state index contributed by atoms with van der Waals surface area (Å²) in [6.45, 7) is 2.16. The summed E-state index contributed by atoms with van der Waals surface area (Å²) in [5, 5.41) is 1.16. The normalized spacial score (nSPS) is 17.1. The predicted molar refractivity (Wildman–Crippen MR) is 161 cm³/mol. The molecule has 0 N–H and O–H groups in total. The molecule has 208 valence electrons. The van der Waals surface area contributed by atoms with E-state index in [4.69, 9.17) is 32.9 Å². The van der Waals surface area contributed by atoms with E-state index in [9.17, 15) is 9.59 Å². The van der Waals surface area contributed by atoms with Gasteiger partial charge in [0.2, 0.25) is 0 Å². The maximum absolute atomic E-state index is 14.3. The second-order valence-corrected chi connectivity index (χ2v) is 11.4. The Kier molecular flexibility index (Phi) is 8.62. The minimum Gasteiger partial charge on any atom is -0.465 e. The Morgan fingerprint density at radius 3 is 2.17 bits per heavy atom. The first-order chi connectivity index (χ1) is 19.4. The van der Waals surface area contributed by atoms with Crippen molar-refractivity contribution < 1.29 is 14.3 Å². The molecule has 0 aromatic heterocycles. The van der Waals surface area contributed by atoms with Crippen LogP contribution in [0.4, 0.5) is 0 Å². The number of hydrogen-bond acceptors (Lipinski definition) is 4. The zero-order chi connectivity index (χ0) is 28.3. The third-order valence-corrected chi connectivity index (χ3v) is 8.74. The maximum atomic E-state index is 14.3. The Morgan fingerprint density at radius 2 is 1.57 bits per heavy atom. The van der Waals surface area contributed by atoms with Crippen LogP contribution in [0.15, 0.2) is 71.7 Å². The number of amides is 1. The van der Waals surface area contributed by atoms with Crippen LogP contribution in [0.5, 0.6) is 0 Å². The van der Waals surface area contributed by atoms with Crippen LogP contribution < -0.4 is 0 Å². The highest BCUT2D eigenvalue weighted by Gasteiger charge is 2.50. The minimum absolute atomic E-state index is 0.0384. The van der Waals surface area contributed by atoms with E-state index in [0.717, 1.165) is 73.6 Å². The van der Waals surface area contributed by atoms with Crippen molar-refractivity contribution in [1.82, 2.24) is 4.90 Å². The largest absolute Gasteiger partial charge is 0.465 e. The summed E-state index contributed by atoms with van der Waals surface area (Å²) in [6, 6.07) is 20.6.